The number of carbonyl (C=O) groups is 1. The van der Waals surface area contributed by atoms with E-state index in [0.29, 0.717) is 0 Å². The molecule has 0 fully saturated rings. The molecule has 0 unspecified atom stereocenters. The van der Waals surface area contributed by atoms with Gasteiger partial charge in [-0.25, -0.2) is 4.39 Å². The minimum Gasteiger partial charge on any atom is -0.341 e. The minimum absolute atomic E-state index is 0.0861. The van der Waals surface area contributed by atoms with E-state index in [2.05, 4.69) is 4.90 Å². The van der Waals surface area contributed by atoms with Gasteiger partial charge in [-0.05, 0) is 61.4 Å². The smallest absolute Gasteiger partial charge is 0.159 e. The van der Waals surface area contributed by atoms with Crippen LogP contribution in [0, 0.1) is 5.82 Å². The van der Waals surface area contributed by atoms with Crippen LogP contribution >= 0.6 is 0 Å². The van der Waals surface area contributed by atoms with Gasteiger partial charge >= 0.3 is 0 Å². The Morgan fingerprint density at radius 1 is 1.16 bits per heavy atom. The van der Waals surface area contributed by atoms with Crippen LogP contribution in [0.15, 0.2) is 42.5 Å². The fourth-order valence-corrected chi connectivity index (χ4v) is 2.51. The summed E-state index contributed by atoms with van der Waals surface area (Å²) in [6.45, 7) is 2.44. The van der Waals surface area contributed by atoms with Gasteiger partial charge in [-0.3, -0.25) is 4.79 Å². The topological polar surface area (TPSA) is 20.3 Å². The summed E-state index contributed by atoms with van der Waals surface area (Å²) >= 11 is 0. The molecule has 2 aromatic carbocycles. The van der Waals surface area contributed by atoms with Gasteiger partial charge < -0.3 is 4.90 Å². The SMILES string of the molecule is CC(=O)c1ccc2c(c1)CCN2c1ccc(F)cc1. The molecule has 0 atom stereocenters. The molecule has 1 aliphatic heterocycles. The first-order valence-electron chi connectivity index (χ1n) is 6.32. The lowest BCUT2D eigenvalue weighted by Gasteiger charge is -2.19. The van der Waals surface area contributed by atoms with Crippen molar-refractivity contribution in [2.24, 2.45) is 0 Å². The number of ketones is 1. The summed E-state index contributed by atoms with van der Waals surface area (Å²) < 4.78 is 13.0. The Labute approximate surface area is 111 Å². The molecule has 0 saturated carbocycles. The van der Waals surface area contributed by atoms with Crippen molar-refractivity contribution in [2.45, 2.75) is 13.3 Å². The van der Waals surface area contributed by atoms with E-state index in [0.717, 1.165) is 29.9 Å². The first-order chi connectivity index (χ1) is 9.15. The Morgan fingerprint density at radius 2 is 1.89 bits per heavy atom. The van der Waals surface area contributed by atoms with Crippen molar-refractivity contribution in [1.82, 2.24) is 0 Å². The van der Waals surface area contributed by atoms with Crippen LogP contribution in [-0.4, -0.2) is 12.3 Å². The third kappa shape index (κ3) is 2.12. The quantitative estimate of drug-likeness (QED) is 0.762. The molecule has 0 radical (unpaired) electrons. The number of rotatable bonds is 2. The first-order valence-corrected chi connectivity index (χ1v) is 6.32. The summed E-state index contributed by atoms with van der Waals surface area (Å²) in [5.41, 5.74) is 4.02. The van der Waals surface area contributed by atoms with Gasteiger partial charge in [-0.15, -0.1) is 0 Å². The molecule has 3 rings (SSSR count). The van der Waals surface area contributed by atoms with Crippen molar-refractivity contribution in [1.29, 1.82) is 0 Å². The number of halogens is 1. The average molecular weight is 255 g/mol. The molecular weight excluding hydrogens is 241 g/mol. The molecule has 0 saturated heterocycles. The summed E-state index contributed by atoms with van der Waals surface area (Å²) in [5, 5.41) is 0. The second-order valence-corrected chi connectivity index (χ2v) is 4.78. The summed E-state index contributed by atoms with van der Waals surface area (Å²) in [7, 11) is 0. The summed E-state index contributed by atoms with van der Waals surface area (Å²) in [5.74, 6) is -0.141. The zero-order valence-electron chi connectivity index (χ0n) is 10.7. The van der Waals surface area contributed by atoms with Gasteiger partial charge in [-0.1, -0.05) is 0 Å². The number of Topliss-reactive ketones (excluding diaryl/α,β-unsaturated/α-hetero) is 1. The van der Waals surface area contributed by atoms with Crippen molar-refractivity contribution in [3.8, 4) is 0 Å². The van der Waals surface area contributed by atoms with Crippen molar-refractivity contribution in [2.75, 3.05) is 11.4 Å². The molecule has 1 aliphatic rings. The normalized spacial score (nSPS) is 13.5. The average Bonchev–Trinajstić information content (AvgIpc) is 2.82. The number of hydrogen-bond donors (Lipinski definition) is 0. The van der Waals surface area contributed by atoms with E-state index in [4.69, 9.17) is 0 Å². The van der Waals surface area contributed by atoms with Crippen LogP contribution in [0.5, 0.6) is 0 Å². The zero-order chi connectivity index (χ0) is 13.4. The Kier molecular flexibility index (Phi) is 2.82. The number of nitrogens with zero attached hydrogens (tertiary/aromatic N) is 1. The van der Waals surface area contributed by atoms with Gasteiger partial charge in [0.05, 0.1) is 0 Å². The lowest BCUT2D eigenvalue weighted by molar-refractivity contribution is 0.101. The fraction of sp³-hybridized carbons (Fsp3) is 0.188. The standard InChI is InChI=1S/C16H14FNO/c1-11(19)12-2-7-16-13(10-12)8-9-18(16)15-5-3-14(17)4-6-15/h2-7,10H,8-9H2,1H3. The summed E-state index contributed by atoms with van der Waals surface area (Å²) in [4.78, 5) is 13.5. The number of carbonyl (C=O) groups excluding carboxylic acids is 1. The molecule has 19 heavy (non-hydrogen) atoms. The van der Waals surface area contributed by atoms with Crippen LogP contribution in [0.1, 0.15) is 22.8 Å². The minimum atomic E-state index is -0.227. The molecule has 0 aromatic heterocycles. The highest BCUT2D eigenvalue weighted by Gasteiger charge is 2.21. The molecule has 96 valence electrons. The van der Waals surface area contributed by atoms with E-state index < -0.39 is 0 Å². The van der Waals surface area contributed by atoms with Crippen LogP contribution in [-0.2, 0) is 6.42 Å². The molecule has 2 nitrogen and oxygen atoms in total. The van der Waals surface area contributed by atoms with Crippen molar-refractivity contribution in [3.63, 3.8) is 0 Å². The van der Waals surface area contributed by atoms with Crippen LogP contribution in [0.25, 0.3) is 0 Å². The van der Waals surface area contributed by atoms with E-state index in [9.17, 15) is 9.18 Å². The van der Waals surface area contributed by atoms with Gasteiger partial charge in [0.1, 0.15) is 5.82 Å². The number of benzene rings is 2. The lowest BCUT2D eigenvalue weighted by Crippen LogP contribution is -2.13. The second kappa shape index (κ2) is 4.50. The van der Waals surface area contributed by atoms with Gasteiger partial charge in [-0.2, -0.15) is 0 Å². The summed E-state index contributed by atoms with van der Waals surface area (Å²) in [6, 6.07) is 12.3. The van der Waals surface area contributed by atoms with Gasteiger partial charge in [0, 0.05) is 23.5 Å². The third-order valence-electron chi connectivity index (χ3n) is 3.52. The lowest BCUT2D eigenvalue weighted by atomic mass is 10.1. The largest absolute Gasteiger partial charge is 0.341 e. The van der Waals surface area contributed by atoms with Crippen LogP contribution in [0.3, 0.4) is 0 Å². The predicted octanol–water partition coefficient (Wildman–Crippen LogP) is 3.72. The number of fused-ring (bicyclic) bond motifs is 1. The van der Waals surface area contributed by atoms with Gasteiger partial charge in [0.15, 0.2) is 5.78 Å². The fourth-order valence-electron chi connectivity index (χ4n) is 2.51. The van der Waals surface area contributed by atoms with E-state index in [1.165, 1.54) is 17.7 Å². The maximum atomic E-state index is 13.0. The highest BCUT2D eigenvalue weighted by atomic mass is 19.1. The molecule has 2 aromatic rings. The molecule has 0 aliphatic carbocycles. The van der Waals surface area contributed by atoms with Crippen LogP contribution in [0.2, 0.25) is 0 Å². The monoisotopic (exact) mass is 255 g/mol. The van der Waals surface area contributed by atoms with Crippen LogP contribution < -0.4 is 4.90 Å². The maximum absolute atomic E-state index is 13.0. The first kappa shape index (κ1) is 11.9. The molecule has 3 heteroatoms. The van der Waals surface area contributed by atoms with Gasteiger partial charge in [0.25, 0.3) is 0 Å². The third-order valence-corrected chi connectivity index (χ3v) is 3.52. The van der Waals surface area contributed by atoms with Crippen molar-refractivity contribution < 1.29 is 9.18 Å². The maximum Gasteiger partial charge on any atom is 0.159 e. The Bertz CT molecular complexity index is 634. The highest BCUT2D eigenvalue weighted by molar-refractivity contribution is 5.95. The van der Waals surface area contributed by atoms with E-state index in [1.807, 2.05) is 18.2 Å². The Balaban J connectivity index is 1.98. The molecule has 0 N–H and O–H groups in total. The second-order valence-electron chi connectivity index (χ2n) is 4.78. The van der Waals surface area contributed by atoms with Crippen molar-refractivity contribution in [3.05, 3.63) is 59.4 Å². The van der Waals surface area contributed by atoms with E-state index in [-0.39, 0.29) is 11.6 Å². The zero-order valence-corrected chi connectivity index (χ0v) is 10.7. The molecule has 0 amide bonds. The van der Waals surface area contributed by atoms with Crippen LogP contribution in [0.4, 0.5) is 15.8 Å². The predicted molar refractivity (Wildman–Crippen MR) is 73.6 cm³/mol. The number of anilines is 2. The number of hydrogen-bond acceptors (Lipinski definition) is 2. The van der Waals surface area contributed by atoms with E-state index in [1.54, 1.807) is 19.1 Å². The molecule has 0 bridgehead atoms. The van der Waals surface area contributed by atoms with Gasteiger partial charge in [0.2, 0.25) is 0 Å². The molecular formula is C16H14FNO. The highest BCUT2D eigenvalue weighted by Crippen LogP contribution is 2.35. The Morgan fingerprint density at radius 3 is 2.58 bits per heavy atom. The Hall–Kier alpha value is -2.16. The van der Waals surface area contributed by atoms with Crippen molar-refractivity contribution >= 4 is 17.2 Å². The summed E-state index contributed by atoms with van der Waals surface area (Å²) in [6.07, 6.45) is 0.911. The molecule has 1 heterocycles. The molecule has 0 spiro atoms. The van der Waals surface area contributed by atoms with E-state index >= 15 is 0 Å².